The van der Waals surface area contributed by atoms with Crippen molar-refractivity contribution in [3.05, 3.63) is 36.5 Å². The molecule has 0 heterocycles. The molecule has 0 rings (SSSR count). The van der Waals surface area contributed by atoms with Gasteiger partial charge in [-0.2, -0.15) is 0 Å². The fraction of sp³-hybridized carbons (Fsp3) is 0.826. The summed E-state index contributed by atoms with van der Waals surface area (Å²) in [4.78, 5) is 37.5. The molecule has 0 aromatic rings. The summed E-state index contributed by atoms with van der Waals surface area (Å²) in [6.45, 7) is 4.18. The number of allylic oxidation sites excluding steroid dienone is 6. The quantitative estimate of drug-likeness (QED) is 0.0197. The number of esters is 2. The Morgan fingerprint density at radius 2 is 0.964 bits per heavy atom. The van der Waals surface area contributed by atoms with E-state index in [2.05, 4.69) is 50.3 Å². The molecular weight excluding hydrogens is 725 g/mol. The summed E-state index contributed by atoms with van der Waals surface area (Å²) in [6.07, 6.45) is 43.0. The van der Waals surface area contributed by atoms with Crippen LogP contribution < -0.4 is 4.89 Å². The monoisotopic (exact) mass is 812 g/mol. The van der Waals surface area contributed by atoms with Crippen molar-refractivity contribution in [3.8, 4) is 0 Å². The first-order valence-corrected chi connectivity index (χ1v) is 24.2. The molecule has 328 valence electrons. The van der Waals surface area contributed by atoms with Crippen LogP contribution in [0.5, 0.6) is 0 Å². The number of phosphoric ester groups is 1. The first-order valence-electron chi connectivity index (χ1n) is 22.7. The van der Waals surface area contributed by atoms with Crippen LogP contribution in [0.1, 0.15) is 194 Å². The average Bonchev–Trinajstić information content (AvgIpc) is 3.15. The van der Waals surface area contributed by atoms with Crippen molar-refractivity contribution in [2.45, 2.75) is 200 Å². The van der Waals surface area contributed by atoms with Crippen LogP contribution >= 0.6 is 7.82 Å². The zero-order chi connectivity index (χ0) is 41.4. The van der Waals surface area contributed by atoms with Gasteiger partial charge in [-0.1, -0.05) is 147 Å². The summed E-state index contributed by atoms with van der Waals surface area (Å²) in [7, 11) is 1.15. The van der Waals surface area contributed by atoms with Gasteiger partial charge >= 0.3 is 11.9 Å². The van der Waals surface area contributed by atoms with Gasteiger partial charge in [0.2, 0.25) is 0 Å². The number of quaternary nitrogens is 1. The topological polar surface area (TPSA) is 111 Å². The van der Waals surface area contributed by atoms with Gasteiger partial charge in [0.1, 0.15) is 19.8 Å². The molecule has 1 unspecified atom stereocenters. The lowest BCUT2D eigenvalue weighted by Crippen LogP contribution is -2.37. The average molecular weight is 812 g/mol. The van der Waals surface area contributed by atoms with Crippen LogP contribution in [0, 0.1) is 0 Å². The van der Waals surface area contributed by atoms with Gasteiger partial charge in [-0.15, -0.1) is 0 Å². The minimum Gasteiger partial charge on any atom is -0.756 e. The van der Waals surface area contributed by atoms with Gasteiger partial charge in [0, 0.05) is 12.8 Å². The minimum absolute atomic E-state index is 0.0339. The third-order valence-electron chi connectivity index (χ3n) is 9.63. The zero-order valence-corrected chi connectivity index (χ0v) is 37.7. The van der Waals surface area contributed by atoms with Crippen molar-refractivity contribution in [2.24, 2.45) is 0 Å². The Labute approximate surface area is 344 Å². The summed E-state index contributed by atoms with van der Waals surface area (Å²) >= 11 is 0. The predicted molar refractivity (Wildman–Crippen MR) is 231 cm³/mol. The maximum atomic E-state index is 12.7. The van der Waals surface area contributed by atoms with Gasteiger partial charge in [0.25, 0.3) is 7.82 Å². The third kappa shape index (κ3) is 41.9. The fourth-order valence-electron chi connectivity index (χ4n) is 6.03. The van der Waals surface area contributed by atoms with Crippen LogP contribution in [0.3, 0.4) is 0 Å². The number of carbonyl (C=O) groups is 2. The molecule has 0 radical (unpaired) electrons. The Balaban J connectivity index is 4.37. The van der Waals surface area contributed by atoms with E-state index >= 15 is 0 Å². The number of likely N-dealkylation sites (N-methyl/N-ethyl adjacent to an activating group) is 1. The zero-order valence-electron chi connectivity index (χ0n) is 36.8. The van der Waals surface area contributed by atoms with Crippen molar-refractivity contribution in [1.82, 2.24) is 0 Å². The Kier molecular flexibility index (Phi) is 37.5. The molecule has 0 aliphatic heterocycles. The molecule has 0 spiro atoms. The highest BCUT2D eigenvalue weighted by molar-refractivity contribution is 7.45. The predicted octanol–water partition coefficient (Wildman–Crippen LogP) is 12.3. The van der Waals surface area contributed by atoms with E-state index in [9.17, 15) is 19.0 Å². The number of hydrogen-bond acceptors (Lipinski definition) is 8. The Morgan fingerprint density at radius 1 is 0.554 bits per heavy atom. The Bertz CT molecular complexity index is 1050. The normalized spacial score (nSPS) is 13.9. The van der Waals surface area contributed by atoms with E-state index in [-0.39, 0.29) is 26.1 Å². The Hall–Kier alpha value is -1.77. The van der Waals surface area contributed by atoms with E-state index in [0.717, 1.165) is 70.6 Å². The van der Waals surface area contributed by atoms with Crippen LogP contribution in [0.15, 0.2) is 36.5 Å². The maximum absolute atomic E-state index is 12.7. The molecule has 0 aliphatic rings. The van der Waals surface area contributed by atoms with Gasteiger partial charge < -0.3 is 27.9 Å². The first kappa shape index (κ1) is 54.2. The molecule has 0 N–H and O–H groups in total. The number of carbonyl (C=O) groups excluding carboxylic acids is 2. The highest BCUT2D eigenvalue weighted by Gasteiger charge is 2.21. The molecule has 0 amide bonds. The summed E-state index contributed by atoms with van der Waals surface area (Å²) in [6, 6.07) is 0. The third-order valence-corrected chi connectivity index (χ3v) is 10.6. The standard InChI is InChI=1S/C46H86NO8P/c1-6-8-10-12-14-16-18-20-22-23-25-27-29-31-33-35-37-39-46(49)55-44(43-54-56(50,51)53-41-40-47(3,4)5)42-52-45(48)38-36-34-32-30-28-26-24-21-19-17-15-13-11-9-7-2/h14,16,20-22,24,44H,6-13,15,17-19,23,25-43H2,1-5H3/b16-14-,22-20-,24-21-/t44-/m1/s1. The van der Waals surface area contributed by atoms with Crippen LogP contribution in [0.2, 0.25) is 0 Å². The van der Waals surface area contributed by atoms with Crippen LogP contribution in [-0.4, -0.2) is 70.0 Å². The summed E-state index contributed by atoms with van der Waals surface area (Å²) in [5, 5.41) is 0. The number of rotatable bonds is 41. The summed E-state index contributed by atoms with van der Waals surface area (Å²) < 4.78 is 33.9. The molecular formula is C46H86NO8P. The van der Waals surface area contributed by atoms with Crippen LogP contribution in [-0.2, 0) is 32.7 Å². The lowest BCUT2D eigenvalue weighted by atomic mass is 10.1. The van der Waals surface area contributed by atoms with E-state index in [4.69, 9.17) is 18.5 Å². The van der Waals surface area contributed by atoms with Crippen LogP contribution in [0.25, 0.3) is 0 Å². The molecule has 56 heavy (non-hydrogen) atoms. The lowest BCUT2D eigenvalue weighted by Gasteiger charge is -2.28. The second kappa shape index (κ2) is 38.7. The van der Waals surface area contributed by atoms with Crippen molar-refractivity contribution in [1.29, 1.82) is 0 Å². The second-order valence-electron chi connectivity index (χ2n) is 16.4. The van der Waals surface area contributed by atoms with Crippen molar-refractivity contribution >= 4 is 19.8 Å². The second-order valence-corrected chi connectivity index (χ2v) is 17.8. The van der Waals surface area contributed by atoms with Gasteiger partial charge in [-0.05, 0) is 70.6 Å². The number of ether oxygens (including phenoxy) is 2. The van der Waals surface area contributed by atoms with Gasteiger partial charge in [-0.25, -0.2) is 0 Å². The SMILES string of the molecule is CCCCC/C=C\C/C=C\CCCCCCCCCC(=O)O[C@H](COC(=O)CCCCCCC/C=C\CCCCCCCC)COP(=O)([O-])OCC[N+](C)(C)C. The number of nitrogens with zero attached hydrogens (tertiary/aromatic N) is 1. The molecule has 9 nitrogen and oxygen atoms in total. The molecule has 0 aromatic heterocycles. The number of hydrogen-bond donors (Lipinski definition) is 0. The van der Waals surface area contributed by atoms with Crippen molar-refractivity contribution < 1.29 is 42.1 Å². The first-order chi connectivity index (χ1) is 27.0. The summed E-state index contributed by atoms with van der Waals surface area (Å²) in [5.74, 6) is -0.851. The van der Waals surface area contributed by atoms with Gasteiger partial charge in [0.15, 0.2) is 6.10 Å². The molecule has 0 aromatic carbocycles. The van der Waals surface area contributed by atoms with E-state index in [1.807, 2.05) is 21.1 Å². The highest BCUT2D eigenvalue weighted by Crippen LogP contribution is 2.38. The van der Waals surface area contributed by atoms with Gasteiger partial charge in [0.05, 0.1) is 27.7 Å². The molecule has 0 saturated heterocycles. The van der Waals surface area contributed by atoms with Crippen molar-refractivity contribution in [2.75, 3.05) is 47.5 Å². The number of phosphoric acid groups is 1. The van der Waals surface area contributed by atoms with E-state index in [1.165, 1.54) is 89.9 Å². The smallest absolute Gasteiger partial charge is 0.306 e. The molecule has 10 heteroatoms. The van der Waals surface area contributed by atoms with Gasteiger partial charge in [-0.3, -0.25) is 14.2 Å². The molecule has 0 aliphatic carbocycles. The Morgan fingerprint density at radius 3 is 1.46 bits per heavy atom. The fourth-order valence-corrected chi connectivity index (χ4v) is 6.76. The molecule has 0 bridgehead atoms. The molecule has 0 saturated carbocycles. The van der Waals surface area contributed by atoms with E-state index in [0.29, 0.717) is 17.4 Å². The van der Waals surface area contributed by atoms with Crippen LogP contribution in [0.4, 0.5) is 0 Å². The maximum Gasteiger partial charge on any atom is 0.306 e. The molecule has 2 atom stereocenters. The largest absolute Gasteiger partial charge is 0.756 e. The minimum atomic E-state index is -4.63. The summed E-state index contributed by atoms with van der Waals surface area (Å²) in [5.41, 5.74) is 0. The highest BCUT2D eigenvalue weighted by atomic mass is 31.2. The molecule has 0 fully saturated rings. The number of unbranched alkanes of at least 4 members (excludes halogenated alkanes) is 21. The lowest BCUT2D eigenvalue weighted by molar-refractivity contribution is -0.870. The van der Waals surface area contributed by atoms with Crippen molar-refractivity contribution in [3.63, 3.8) is 0 Å². The van der Waals surface area contributed by atoms with E-state index in [1.54, 1.807) is 0 Å². The van der Waals surface area contributed by atoms with E-state index < -0.39 is 32.5 Å².